The monoisotopic (exact) mass is 263 g/mol. The molecule has 0 aliphatic rings. The molecule has 0 aliphatic heterocycles. The first-order chi connectivity index (χ1) is 8.90. The largest absolute Gasteiger partial charge is 0.481 e. The Bertz CT molecular complexity index is 466. The molecule has 0 saturated carbocycles. The van der Waals surface area contributed by atoms with E-state index in [0.29, 0.717) is 12.3 Å². The molecule has 0 unspecified atom stereocenters. The van der Waals surface area contributed by atoms with Crippen molar-refractivity contribution in [3.05, 3.63) is 29.3 Å². The van der Waals surface area contributed by atoms with E-state index in [2.05, 4.69) is 25.2 Å². The quantitative estimate of drug-likeness (QED) is 0.827. The fraction of sp³-hybridized carbons (Fsp3) is 0.467. The van der Waals surface area contributed by atoms with E-state index < -0.39 is 5.97 Å². The van der Waals surface area contributed by atoms with Gasteiger partial charge in [-0.3, -0.25) is 9.59 Å². The minimum atomic E-state index is -0.870. The Morgan fingerprint density at radius 2 is 1.95 bits per heavy atom. The lowest BCUT2D eigenvalue weighted by molar-refractivity contribution is -0.137. The van der Waals surface area contributed by atoms with Crippen molar-refractivity contribution in [2.45, 2.75) is 46.0 Å². The lowest BCUT2D eigenvalue weighted by Gasteiger charge is -2.12. The van der Waals surface area contributed by atoms with Gasteiger partial charge < -0.3 is 10.4 Å². The molecule has 0 radical (unpaired) electrons. The first-order valence-electron chi connectivity index (χ1n) is 6.52. The zero-order valence-corrected chi connectivity index (χ0v) is 11.7. The van der Waals surface area contributed by atoms with Gasteiger partial charge in [-0.2, -0.15) is 0 Å². The van der Waals surface area contributed by atoms with Gasteiger partial charge in [0.25, 0.3) is 0 Å². The molecule has 1 aromatic rings. The molecule has 0 heterocycles. The van der Waals surface area contributed by atoms with Gasteiger partial charge in [0, 0.05) is 18.5 Å². The second kappa shape index (κ2) is 6.92. The van der Waals surface area contributed by atoms with Crippen LogP contribution < -0.4 is 5.32 Å². The lowest BCUT2D eigenvalue weighted by Crippen LogP contribution is -2.13. The maximum Gasteiger partial charge on any atom is 0.303 e. The minimum absolute atomic E-state index is 0.0262. The van der Waals surface area contributed by atoms with Gasteiger partial charge in [-0.1, -0.05) is 26.0 Å². The number of anilines is 1. The fourth-order valence-corrected chi connectivity index (χ4v) is 1.75. The number of rotatable bonds is 6. The third kappa shape index (κ3) is 5.12. The highest BCUT2D eigenvalue weighted by molar-refractivity contribution is 5.91. The molecular weight excluding hydrogens is 242 g/mol. The number of carbonyl (C=O) groups is 2. The first kappa shape index (κ1) is 15.2. The topological polar surface area (TPSA) is 66.4 Å². The summed E-state index contributed by atoms with van der Waals surface area (Å²) < 4.78 is 0. The smallest absolute Gasteiger partial charge is 0.303 e. The Kier molecular flexibility index (Phi) is 5.55. The predicted octanol–water partition coefficient (Wildman–Crippen LogP) is 3.31. The zero-order chi connectivity index (χ0) is 14.4. The number of carbonyl (C=O) groups excluding carboxylic acids is 1. The molecule has 0 bridgehead atoms. The molecule has 4 heteroatoms. The summed E-state index contributed by atoms with van der Waals surface area (Å²) >= 11 is 0. The van der Waals surface area contributed by atoms with E-state index in [1.54, 1.807) is 0 Å². The van der Waals surface area contributed by atoms with Crippen molar-refractivity contribution >= 4 is 17.6 Å². The number of carboxylic acids is 1. The zero-order valence-electron chi connectivity index (χ0n) is 11.7. The maximum atomic E-state index is 11.7. The van der Waals surface area contributed by atoms with Crippen LogP contribution in [0.5, 0.6) is 0 Å². The van der Waals surface area contributed by atoms with Crippen molar-refractivity contribution in [1.29, 1.82) is 0 Å². The molecule has 0 fully saturated rings. The third-order valence-electron chi connectivity index (χ3n) is 3.00. The second-order valence-electron chi connectivity index (χ2n) is 5.02. The summed E-state index contributed by atoms with van der Waals surface area (Å²) in [5.41, 5.74) is 2.99. The van der Waals surface area contributed by atoms with Crippen LogP contribution in [0.4, 0.5) is 5.69 Å². The van der Waals surface area contributed by atoms with Crippen LogP contribution in [0.25, 0.3) is 0 Å². The van der Waals surface area contributed by atoms with Crippen LogP contribution in [0.15, 0.2) is 18.2 Å². The van der Waals surface area contributed by atoms with Crippen LogP contribution in [-0.2, 0) is 9.59 Å². The Morgan fingerprint density at radius 3 is 2.53 bits per heavy atom. The molecule has 1 rings (SSSR count). The number of nitrogens with one attached hydrogen (secondary N) is 1. The lowest BCUT2D eigenvalue weighted by atomic mass is 10.0. The summed E-state index contributed by atoms with van der Waals surface area (Å²) in [5, 5.41) is 11.4. The summed E-state index contributed by atoms with van der Waals surface area (Å²) in [5.74, 6) is -0.598. The van der Waals surface area contributed by atoms with E-state index in [1.165, 1.54) is 5.56 Å². The van der Waals surface area contributed by atoms with E-state index in [1.807, 2.05) is 19.1 Å². The number of amides is 1. The summed E-state index contributed by atoms with van der Waals surface area (Å²) in [6, 6.07) is 6.03. The molecule has 0 aliphatic carbocycles. The molecule has 1 amide bonds. The molecule has 1 aromatic carbocycles. The van der Waals surface area contributed by atoms with Crippen LogP contribution in [0.2, 0.25) is 0 Å². The molecule has 19 heavy (non-hydrogen) atoms. The van der Waals surface area contributed by atoms with Crippen molar-refractivity contribution in [2.75, 3.05) is 5.32 Å². The van der Waals surface area contributed by atoms with Crippen LogP contribution >= 0.6 is 0 Å². The average molecular weight is 263 g/mol. The van der Waals surface area contributed by atoms with Gasteiger partial charge in [-0.15, -0.1) is 0 Å². The van der Waals surface area contributed by atoms with E-state index >= 15 is 0 Å². The Balaban J connectivity index is 2.63. The molecule has 2 N–H and O–H groups in total. The highest BCUT2D eigenvalue weighted by Crippen LogP contribution is 2.22. The summed E-state index contributed by atoms with van der Waals surface area (Å²) in [6.45, 7) is 6.14. The number of aryl methyl sites for hydroxylation is 1. The number of hydrogen-bond acceptors (Lipinski definition) is 2. The van der Waals surface area contributed by atoms with Crippen molar-refractivity contribution in [2.24, 2.45) is 0 Å². The molecule has 0 spiro atoms. The van der Waals surface area contributed by atoms with E-state index in [0.717, 1.165) is 11.3 Å². The van der Waals surface area contributed by atoms with Crippen LogP contribution in [0.1, 0.15) is 50.2 Å². The summed E-state index contributed by atoms with van der Waals surface area (Å²) in [4.78, 5) is 22.1. The standard InChI is InChI=1S/C15H21NO3/c1-10(2)12-8-7-11(3)13(9-12)16-14(17)5-4-6-15(18)19/h7-10H,4-6H2,1-3H3,(H,16,17)(H,18,19). The second-order valence-corrected chi connectivity index (χ2v) is 5.02. The summed E-state index contributed by atoms with van der Waals surface area (Å²) in [7, 11) is 0. The van der Waals surface area contributed by atoms with Crippen molar-refractivity contribution in [1.82, 2.24) is 0 Å². The van der Waals surface area contributed by atoms with E-state index in [9.17, 15) is 9.59 Å². The van der Waals surface area contributed by atoms with Crippen LogP contribution in [0.3, 0.4) is 0 Å². The third-order valence-corrected chi connectivity index (χ3v) is 3.00. The normalized spacial score (nSPS) is 10.5. The molecule has 104 valence electrons. The minimum Gasteiger partial charge on any atom is -0.481 e. The SMILES string of the molecule is Cc1ccc(C(C)C)cc1NC(=O)CCCC(=O)O. The molecule has 0 aromatic heterocycles. The van der Waals surface area contributed by atoms with E-state index in [4.69, 9.17) is 5.11 Å². The van der Waals surface area contributed by atoms with Gasteiger partial charge in [0.2, 0.25) is 5.91 Å². The van der Waals surface area contributed by atoms with Gasteiger partial charge in [0.1, 0.15) is 0 Å². The van der Waals surface area contributed by atoms with Gasteiger partial charge in [0.05, 0.1) is 0 Å². The number of aliphatic carboxylic acids is 1. The highest BCUT2D eigenvalue weighted by Gasteiger charge is 2.08. The van der Waals surface area contributed by atoms with Gasteiger partial charge in [0.15, 0.2) is 0 Å². The summed E-state index contributed by atoms with van der Waals surface area (Å²) in [6.07, 6.45) is 0.625. The van der Waals surface area contributed by atoms with E-state index in [-0.39, 0.29) is 18.7 Å². The Labute approximate surface area is 113 Å². The highest BCUT2D eigenvalue weighted by atomic mass is 16.4. The van der Waals surface area contributed by atoms with Crippen molar-refractivity contribution < 1.29 is 14.7 Å². The maximum absolute atomic E-state index is 11.7. The molecule has 0 saturated heterocycles. The van der Waals surface area contributed by atoms with Gasteiger partial charge in [-0.25, -0.2) is 0 Å². The van der Waals surface area contributed by atoms with Gasteiger partial charge >= 0.3 is 5.97 Å². The van der Waals surface area contributed by atoms with Gasteiger partial charge in [-0.05, 0) is 36.5 Å². The first-order valence-corrected chi connectivity index (χ1v) is 6.52. The molecule has 0 atom stereocenters. The molecular formula is C15H21NO3. The fourth-order valence-electron chi connectivity index (χ4n) is 1.75. The van der Waals surface area contributed by atoms with Crippen molar-refractivity contribution in [3.8, 4) is 0 Å². The Morgan fingerprint density at radius 1 is 1.26 bits per heavy atom. The Hall–Kier alpha value is -1.84. The number of hydrogen-bond donors (Lipinski definition) is 2. The average Bonchev–Trinajstić information content (AvgIpc) is 2.31. The van der Waals surface area contributed by atoms with Crippen LogP contribution in [-0.4, -0.2) is 17.0 Å². The number of benzene rings is 1. The number of carboxylic acid groups (broad SMARTS) is 1. The predicted molar refractivity (Wildman–Crippen MR) is 75.4 cm³/mol. The van der Waals surface area contributed by atoms with Crippen LogP contribution in [0, 0.1) is 6.92 Å². The molecule has 4 nitrogen and oxygen atoms in total. The van der Waals surface area contributed by atoms with Crippen molar-refractivity contribution in [3.63, 3.8) is 0 Å².